The summed E-state index contributed by atoms with van der Waals surface area (Å²) < 4.78 is 14.8. The van der Waals surface area contributed by atoms with E-state index in [0.717, 1.165) is 23.5 Å². The average Bonchev–Trinajstić information content (AvgIpc) is 2.43. The highest BCUT2D eigenvalue weighted by Crippen LogP contribution is 2.34. The van der Waals surface area contributed by atoms with E-state index in [1.165, 1.54) is 0 Å². The van der Waals surface area contributed by atoms with Gasteiger partial charge in [0.05, 0.1) is 10.7 Å². The number of rotatable bonds is 3. The normalized spacial score (nSPS) is 10.7. The van der Waals surface area contributed by atoms with Crippen LogP contribution in [0.5, 0.6) is 0 Å². The van der Waals surface area contributed by atoms with Gasteiger partial charge in [-0.2, -0.15) is 0 Å². The molecule has 0 saturated carbocycles. The van der Waals surface area contributed by atoms with Crippen molar-refractivity contribution in [2.45, 2.75) is 20.8 Å². The summed E-state index contributed by atoms with van der Waals surface area (Å²) in [4.78, 5) is 0. The summed E-state index contributed by atoms with van der Waals surface area (Å²) in [5.74, 6) is 0.228. The van der Waals surface area contributed by atoms with Crippen LogP contribution >= 0.6 is 27.5 Å². The maximum absolute atomic E-state index is 14.3. The predicted molar refractivity (Wildman–Crippen MR) is 83.8 cm³/mol. The SMILES string of the molecule is CCNc1nnc(-c2ccc(Br)c(Cl)c2F)c(C)c1C. The lowest BCUT2D eigenvalue weighted by Gasteiger charge is -2.13. The Bertz CT molecular complexity index is 661. The van der Waals surface area contributed by atoms with Crippen LogP contribution in [-0.4, -0.2) is 16.7 Å². The fraction of sp³-hybridized carbons (Fsp3) is 0.286. The molecule has 2 aromatic rings. The molecule has 0 bridgehead atoms. The number of hydrogen-bond acceptors (Lipinski definition) is 3. The van der Waals surface area contributed by atoms with Crippen LogP contribution in [0, 0.1) is 19.7 Å². The monoisotopic (exact) mass is 357 g/mol. The first-order chi connectivity index (χ1) is 9.47. The van der Waals surface area contributed by atoms with Crippen LogP contribution in [0.2, 0.25) is 5.02 Å². The predicted octanol–water partition coefficient (Wildman–Crippen LogP) is 4.75. The maximum atomic E-state index is 14.3. The molecular weight excluding hydrogens is 345 g/mol. The number of halogens is 3. The molecule has 1 heterocycles. The van der Waals surface area contributed by atoms with E-state index in [-0.39, 0.29) is 5.02 Å². The van der Waals surface area contributed by atoms with Gasteiger partial charge in [-0.3, -0.25) is 0 Å². The molecule has 0 aliphatic rings. The molecule has 3 nitrogen and oxygen atoms in total. The summed E-state index contributed by atoms with van der Waals surface area (Å²) in [6.45, 7) is 6.57. The smallest absolute Gasteiger partial charge is 0.152 e. The molecule has 106 valence electrons. The summed E-state index contributed by atoms with van der Waals surface area (Å²) in [6.07, 6.45) is 0. The Labute approximate surface area is 130 Å². The van der Waals surface area contributed by atoms with Crippen molar-refractivity contribution >= 4 is 33.3 Å². The minimum atomic E-state index is -0.492. The second kappa shape index (κ2) is 6.06. The van der Waals surface area contributed by atoms with Gasteiger partial charge in [-0.1, -0.05) is 11.6 Å². The molecule has 0 radical (unpaired) electrons. The molecular formula is C14H14BrClFN3. The van der Waals surface area contributed by atoms with E-state index < -0.39 is 5.82 Å². The second-order valence-electron chi connectivity index (χ2n) is 4.40. The summed E-state index contributed by atoms with van der Waals surface area (Å²) in [7, 11) is 0. The van der Waals surface area contributed by atoms with Crippen molar-refractivity contribution in [1.29, 1.82) is 0 Å². The highest BCUT2D eigenvalue weighted by molar-refractivity contribution is 9.10. The molecule has 0 aliphatic carbocycles. The molecule has 1 aromatic carbocycles. The topological polar surface area (TPSA) is 37.8 Å². The van der Waals surface area contributed by atoms with E-state index >= 15 is 0 Å². The van der Waals surface area contributed by atoms with Crippen molar-refractivity contribution < 1.29 is 4.39 Å². The quantitative estimate of drug-likeness (QED) is 0.805. The van der Waals surface area contributed by atoms with Crippen molar-refractivity contribution in [2.75, 3.05) is 11.9 Å². The molecule has 0 unspecified atom stereocenters. The van der Waals surface area contributed by atoms with Crippen molar-refractivity contribution in [3.8, 4) is 11.3 Å². The van der Waals surface area contributed by atoms with E-state index in [4.69, 9.17) is 11.6 Å². The van der Waals surface area contributed by atoms with Crippen LogP contribution in [0.4, 0.5) is 10.2 Å². The van der Waals surface area contributed by atoms with Crippen LogP contribution < -0.4 is 5.32 Å². The van der Waals surface area contributed by atoms with Crippen molar-refractivity contribution in [1.82, 2.24) is 10.2 Å². The Balaban J connectivity index is 2.60. The summed E-state index contributed by atoms with van der Waals surface area (Å²) in [5.41, 5.74) is 2.70. The summed E-state index contributed by atoms with van der Waals surface area (Å²) in [6, 6.07) is 3.35. The largest absolute Gasteiger partial charge is 0.369 e. The molecule has 0 fully saturated rings. The van der Waals surface area contributed by atoms with Gasteiger partial charge in [0.2, 0.25) is 0 Å². The highest BCUT2D eigenvalue weighted by Gasteiger charge is 2.17. The molecule has 20 heavy (non-hydrogen) atoms. The lowest BCUT2D eigenvalue weighted by Crippen LogP contribution is -2.06. The van der Waals surface area contributed by atoms with Gasteiger partial charge in [-0.15, -0.1) is 10.2 Å². The van der Waals surface area contributed by atoms with Crippen molar-refractivity contribution in [2.24, 2.45) is 0 Å². The molecule has 1 aromatic heterocycles. The molecule has 1 N–H and O–H groups in total. The van der Waals surface area contributed by atoms with Gasteiger partial charge in [0.15, 0.2) is 11.6 Å². The van der Waals surface area contributed by atoms with Crippen LogP contribution in [-0.2, 0) is 0 Å². The van der Waals surface area contributed by atoms with E-state index in [1.54, 1.807) is 12.1 Å². The zero-order valence-electron chi connectivity index (χ0n) is 11.4. The number of benzene rings is 1. The van der Waals surface area contributed by atoms with Gasteiger partial charge in [0, 0.05) is 16.6 Å². The Morgan fingerprint density at radius 3 is 2.60 bits per heavy atom. The first-order valence-corrected chi connectivity index (χ1v) is 7.36. The van der Waals surface area contributed by atoms with Crippen LogP contribution in [0.15, 0.2) is 16.6 Å². The molecule has 6 heteroatoms. The second-order valence-corrected chi connectivity index (χ2v) is 5.63. The standard InChI is InChI=1S/C14H14BrClFN3/c1-4-18-14-8(3)7(2)13(19-20-14)9-5-6-10(15)11(16)12(9)17/h5-6H,4H2,1-3H3,(H,18,20). The van der Waals surface area contributed by atoms with E-state index in [1.807, 2.05) is 20.8 Å². The molecule has 2 rings (SSSR count). The zero-order valence-corrected chi connectivity index (χ0v) is 13.7. The minimum absolute atomic E-state index is 0.0529. The van der Waals surface area contributed by atoms with Gasteiger partial charge in [0.1, 0.15) is 0 Å². The van der Waals surface area contributed by atoms with Gasteiger partial charge in [0.25, 0.3) is 0 Å². The number of anilines is 1. The zero-order chi connectivity index (χ0) is 14.9. The number of nitrogens with one attached hydrogen (secondary N) is 1. The molecule has 0 saturated heterocycles. The highest BCUT2D eigenvalue weighted by atomic mass is 79.9. The van der Waals surface area contributed by atoms with E-state index in [0.29, 0.717) is 15.7 Å². The van der Waals surface area contributed by atoms with E-state index in [9.17, 15) is 4.39 Å². The lowest BCUT2D eigenvalue weighted by atomic mass is 10.0. The first-order valence-electron chi connectivity index (χ1n) is 6.19. The third-order valence-electron chi connectivity index (χ3n) is 3.16. The molecule has 0 spiro atoms. The molecule has 0 atom stereocenters. The van der Waals surface area contributed by atoms with Gasteiger partial charge < -0.3 is 5.32 Å². The van der Waals surface area contributed by atoms with E-state index in [2.05, 4.69) is 31.4 Å². The maximum Gasteiger partial charge on any atom is 0.152 e. The third kappa shape index (κ3) is 2.65. The van der Waals surface area contributed by atoms with Crippen molar-refractivity contribution in [3.63, 3.8) is 0 Å². The Morgan fingerprint density at radius 2 is 1.95 bits per heavy atom. The Kier molecular flexibility index (Phi) is 4.60. The van der Waals surface area contributed by atoms with Crippen LogP contribution in [0.3, 0.4) is 0 Å². The number of hydrogen-bond donors (Lipinski definition) is 1. The fourth-order valence-electron chi connectivity index (χ4n) is 1.91. The summed E-state index contributed by atoms with van der Waals surface area (Å²) >= 11 is 9.12. The Morgan fingerprint density at radius 1 is 1.25 bits per heavy atom. The first kappa shape index (κ1) is 15.2. The minimum Gasteiger partial charge on any atom is -0.369 e. The molecule has 0 aliphatic heterocycles. The Hall–Kier alpha value is -1.20. The van der Waals surface area contributed by atoms with Gasteiger partial charge in [-0.05, 0) is 60.0 Å². The van der Waals surface area contributed by atoms with Crippen LogP contribution in [0.25, 0.3) is 11.3 Å². The third-order valence-corrected chi connectivity index (χ3v) is 4.42. The fourth-order valence-corrected chi connectivity index (χ4v) is 2.38. The molecule has 0 amide bonds. The van der Waals surface area contributed by atoms with Gasteiger partial charge >= 0.3 is 0 Å². The van der Waals surface area contributed by atoms with Crippen LogP contribution in [0.1, 0.15) is 18.1 Å². The lowest BCUT2D eigenvalue weighted by molar-refractivity contribution is 0.629. The number of nitrogens with zero attached hydrogens (tertiary/aromatic N) is 2. The number of aromatic nitrogens is 2. The average molecular weight is 359 g/mol. The summed E-state index contributed by atoms with van der Waals surface area (Å²) in [5, 5.41) is 11.4. The van der Waals surface area contributed by atoms with Gasteiger partial charge in [-0.25, -0.2) is 4.39 Å². The van der Waals surface area contributed by atoms with Crippen molar-refractivity contribution in [3.05, 3.63) is 38.6 Å².